The molecule has 8 heteroatoms. The lowest BCUT2D eigenvalue weighted by molar-refractivity contribution is 0.102. The highest BCUT2D eigenvalue weighted by molar-refractivity contribution is 7.89. The van der Waals surface area contributed by atoms with Gasteiger partial charge in [0, 0.05) is 23.5 Å². The third-order valence-electron chi connectivity index (χ3n) is 4.55. The molecule has 3 rings (SSSR count). The maximum Gasteiger partial charge on any atom is 0.255 e. The molecule has 0 radical (unpaired) electrons. The second kappa shape index (κ2) is 8.08. The summed E-state index contributed by atoms with van der Waals surface area (Å²) in [6, 6.07) is 10.2. The third-order valence-corrected chi connectivity index (χ3v) is 5.94. The van der Waals surface area contributed by atoms with E-state index in [1.54, 1.807) is 6.07 Å². The van der Waals surface area contributed by atoms with E-state index < -0.39 is 15.9 Å². The Bertz CT molecular complexity index is 957. The van der Waals surface area contributed by atoms with Gasteiger partial charge in [0.05, 0.1) is 11.5 Å². The molecule has 27 heavy (non-hydrogen) atoms. The van der Waals surface area contributed by atoms with Crippen LogP contribution < -0.4 is 15.4 Å². The summed E-state index contributed by atoms with van der Waals surface area (Å²) in [5.41, 5.74) is 3.90. The van der Waals surface area contributed by atoms with Gasteiger partial charge in [0.15, 0.2) is 0 Å². The molecule has 1 aliphatic rings. The number of sulfonamides is 1. The number of aryl methyl sites for hydroxylation is 2. The zero-order valence-electron chi connectivity index (χ0n) is 15.1. The highest BCUT2D eigenvalue weighted by atomic mass is 32.2. The van der Waals surface area contributed by atoms with E-state index in [1.807, 2.05) is 18.2 Å². The number of amides is 1. The lowest BCUT2D eigenvalue weighted by Crippen LogP contribution is -2.20. The lowest BCUT2D eigenvalue weighted by atomic mass is 10.1. The van der Waals surface area contributed by atoms with Gasteiger partial charge in [0.2, 0.25) is 10.0 Å². The van der Waals surface area contributed by atoms with Crippen LogP contribution in [0.3, 0.4) is 0 Å². The van der Waals surface area contributed by atoms with Crippen molar-refractivity contribution in [2.75, 3.05) is 30.8 Å². The average Bonchev–Trinajstić information content (AvgIpc) is 3.13. The van der Waals surface area contributed by atoms with Gasteiger partial charge in [-0.2, -0.15) is 0 Å². The van der Waals surface area contributed by atoms with E-state index in [0.717, 1.165) is 19.3 Å². The summed E-state index contributed by atoms with van der Waals surface area (Å²) in [6.07, 6.45) is 3.19. The van der Waals surface area contributed by atoms with Gasteiger partial charge in [0.25, 0.3) is 5.91 Å². The van der Waals surface area contributed by atoms with Crippen LogP contribution in [0.5, 0.6) is 0 Å². The van der Waals surface area contributed by atoms with E-state index in [0.29, 0.717) is 11.4 Å². The molecule has 1 amide bonds. The lowest BCUT2D eigenvalue weighted by Gasteiger charge is -2.12. The number of rotatable bonds is 7. The minimum absolute atomic E-state index is 0.0213. The van der Waals surface area contributed by atoms with Gasteiger partial charge >= 0.3 is 0 Å². The molecule has 0 atom stereocenters. The molecule has 2 aromatic carbocycles. The Hall–Kier alpha value is -2.42. The van der Waals surface area contributed by atoms with E-state index >= 15 is 0 Å². The molecular weight excluding hydrogens is 366 g/mol. The molecule has 0 aliphatic heterocycles. The van der Waals surface area contributed by atoms with Crippen LogP contribution in [0, 0.1) is 0 Å². The summed E-state index contributed by atoms with van der Waals surface area (Å²) >= 11 is 0. The number of aliphatic hydroxyl groups excluding tert-OH is 1. The first-order valence-corrected chi connectivity index (χ1v) is 10.3. The van der Waals surface area contributed by atoms with Crippen molar-refractivity contribution in [3.63, 3.8) is 0 Å². The monoisotopic (exact) mass is 389 g/mol. The number of carbonyl (C=O) groups is 1. The highest BCUT2D eigenvalue weighted by Gasteiger charge is 2.18. The fourth-order valence-corrected chi connectivity index (χ4v) is 3.96. The molecule has 7 nitrogen and oxygen atoms in total. The van der Waals surface area contributed by atoms with Crippen LogP contribution in [-0.2, 0) is 22.9 Å². The fraction of sp³-hybridized carbons (Fsp3) is 0.316. The van der Waals surface area contributed by atoms with Crippen LogP contribution in [0.1, 0.15) is 27.9 Å². The summed E-state index contributed by atoms with van der Waals surface area (Å²) < 4.78 is 26.6. The van der Waals surface area contributed by atoms with Gasteiger partial charge in [-0.25, -0.2) is 13.1 Å². The predicted octanol–water partition coefficient (Wildman–Crippen LogP) is 1.74. The molecule has 2 aromatic rings. The summed E-state index contributed by atoms with van der Waals surface area (Å²) in [7, 11) is -2.40. The molecule has 0 spiro atoms. The Morgan fingerprint density at radius 1 is 1.07 bits per heavy atom. The van der Waals surface area contributed by atoms with Crippen LogP contribution in [0.2, 0.25) is 0 Å². The zero-order chi connectivity index (χ0) is 19.4. The number of carbonyl (C=O) groups excluding carboxylic acids is 1. The molecule has 0 aromatic heterocycles. The highest BCUT2D eigenvalue weighted by Crippen LogP contribution is 2.26. The summed E-state index contributed by atoms with van der Waals surface area (Å²) in [5, 5.41) is 14.7. The Kier molecular flexibility index (Phi) is 5.79. The van der Waals surface area contributed by atoms with E-state index in [1.165, 1.54) is 30.3 Å². The molecule has 1 aliphatic carbocycles. The van der Waals surface area contributed by atoms with E-state index in [2.05, 4.69) is 15.4 Å². The van der Waals surface area contributed by atoms with Crippen LogP contribution in [0.4, 0.5) is 11.4 Å². The Morgan fingerprint density at radius 2 is 1.85 bits per heavy atom. The second-order valence-electron chi connectivity index (χ2n) is 6.40. The van der Waals surface area contributed by atoms with Gasteiger partial charge in [0.1, 0.15) is 0 Å². The minimum atomic E-state index is -3.72. The van der Waals surface area contributed by atoms with Crippen LogP contribution in [-0.4, -0.2) is 39.6 Å². The molecule has 0 fully saturated rings. The Labute approximate surface area is 158 Å². The van der Waals surface area contributed by atoms with Gasteiger partial charge in [-0.1, -0.05) is 6.07 Å². The number of fused-ring (bicyclic) bond motifs is 1. The molecule has 0 unspecified atom stereocenters. The van der Waals surface area contributed by atoms with Crippen molar-refractivity contribution < 1.29 is 18.3 Å². The zero-order valence-corrected chi connectivity index (χ0v) is 15.9. The number of hydrogen-bond acceptors (Lipinski definition) is 5. The first kappa shape index (κ1) is 19.3. The van der Waals surface area contributed by atoms with Crippen molar-refractivity contribution in [3.05, 3.63) is 53.1 Å². The number of benzene rings is 2. The van der Waals surface area contributed by atoms with Crippen LogP contribution in [0.25, 0.3) is 0 Å². The summed E-state index contributed by atoms with van der Waals surface area (Å²) in [6.45, 7) is 0.134. The van der Waals surface area contributed by atoms with E-state index in [9.17, 15) is 13.2 Å². The van der Waals surface area contributed by atoms with Crippen LogP contribution in [0.15, 0.2) is 41.3 Å². The smallest absolute Gasteiger partial charge is 0.255 e. The largest absolute Gasteiger partial charge is 0.395 e. The topological polar surface area (TPSA) is 108 Å². The van der Waals surface area contributed by atoms with Crippen molar-refractivity contribution in [3.8, 4) is 0 Å². The maximum absolute atomic E-state index is 12.7. The van der Waals surface area contributed by atoms with Crippen molar-refractivity contribution >= 4 is 27.3 Å². The molecular formula is C19H23N3O4S. The number of anilines is 2. The van der Waals surface area contributed by atoms with Crippen molar-refractivity contribution in [1.29, 1.82) is 0 Å². The van der Waals surface area contributed by atoms with Gasteiger partial charge in [-0.15, -0.1) is 0 Å². The molecule has 0 saturated carbocycles. The predicted molar refractivity (Wildman–Crippen MR) is 105 cm³/mol. The van der Waals surface area contributed by atoms with E-state index in [4.69, 9.17) is 5.11 Å². The maximum atomic E-state index is 12.7. The fourth-order valence-electron chi connectivity index (χ4n) is 3.16. The molecule has 144 valence electrons. The van der Waals surface area contributed by atoms with Crippen molar-refractivity contribution in [2.24, 2.45) is 0 Å². The first-order valence-electron chi connectivity index (χ1n) is 8.79. The first-order chi connectivity index (χ1) is 12.9. The number of hydrogen-bond donors (Lipinski definition) is 4. The Morgan fingerprint density at radius 3 is 2.59 bits per heavy atom. The van der Waals surface area contributed by atoms with Gasteiger partial charge in [-0.3, -0.25) is 4.79 Å². The third kappa shape index (κ3) is 4.47. The summed E-state index contributed by atoms with van der Waals surface area (Å²) in [4.78, 5) is 12.7. The SMILES string of the molecule is CNS(=O)(=O)c1cc(NCCO)cc(C(=O)Nc2ccc3c(c2)CCC3)c1. The van der Waals surface area contributed by atoms with Gasteiger partial charge in [-0.05, 0) is 67.8 Å². The molecule has 4 N–H and O–H groups in total. The van der Waals surface area contributed by atoms with Gasteiger partial charge < -0.3 is 15.7 Å². The Balaban J connectivity index is 1.89. The van der Waals surface area contributed by atoms with Crippen molar-refractivity contribution in [1.82, 2.24) is 4.72 Å². The molecule has 0 heterocycles. The number of aliphatic hydroxyl groups is 1. The van der Waals surface area contributed by atoms with Crippen molar-refractivity contribution in [2.45, 2.75) is 24.2 Å². The average molecular weight is 389 g/mol. The number of nitrogens with one attached hydrogen (secondary N) is 3. The minimum Gasteiger partial charge on any atom is -0.395 e. The second-order valence-corrected chi connectivity index (χ2v) is 8.28. The molecule has 0 saturated heterocycles. The normalized spacial score (nSPS) is 13.3. The van der Waals surface area contributed by atoms with E-state index in [-0.39, 0.29) is 23.6 Å². The van der Waals surface area contributed by atoms with Crippen LogP contribution >= 0.6 is 0 Å². The molecule has 0 bridgehead atoms. The quantitative estimate of drug-likeness (QED) is 0.577. The standard InChI is InChI=1S/C19H23N3O4S/c1-20-27(25,26)18-11-15(10-17(12-18)21-7-8-23)19(24)22-16-6-5-13-3-2-4-14(13)9-16/h5-6,9-12,20-21,23H,2-4,7-8H2,1H3,(H,22,24). The summed E-state index contributed by atoms with van der Waals surface area (Å²) in [5.74, 6) is -0.395.